The molecule has 0 saturated heterocycles. The van der Waals surface area contributed by atoms with Crippen LogP contribution in [0.5, 0.6) is 0 Å². The van der Waals surface area contributed by atoms with Crippen LogP contribution in [0.2, 0.25) is 10.0 Å². The molecule has 0 radical (unpaired) electrons. The van der Waals surface area contributed by atoms with Gasteiger partial charge in [0.2, 0.25) is 0 Å². The molecule has 4 nitrogen and oxygen atoms in total. The lowest BCUT2D eigenvalue weighted by atomic mass is 10.2. The Morgan fingerprint density at radius 1 is 1.08 bits per heavy atom. The van der Waals surface area contributed by atoms with Crippen molar-refractivity contribution < 1.29 is 13.6 Å². The predicted octanol–water partition coefficient (Wildman–Crippen LogP) is 4.77. The minimum absolute atomic E-state index is 0.167. The molecule has 0 aliphatic carbocycles. The molecule has 0 saturated carbocycles. The highest BCUT2D eigenvalue weighted by Crippen LogP contribution is 2.21. The Morgan fingerprint density at radius 3 is 2.48 bits per heavy atom. The average molecular weight is 382 g/mol. The molecule has 0 bridgehead atoms. The molecule has 0 unspecified atom stereocenters. The second-order valence-corrected chi connectivity index (χ2v) is 6.04. The summed E-state index contributed by atoms with van der Waals surface area (Å²) in [6, 6.07) is 10.3. The minimum Gasteiger partial charge on any atom is -0.307 e. The molecule has 1 N–H and O–H groups in total. The largest absolute Gasteiger partial charge is 0.307 e. The molecule has 1 heterocycles. The van der Waals surface area contributed by atoms with Gasteiger partial charge < -0.3 is 5.32 Å². The van der Waals surface area contributed by atoms with Crippen molar-refractivity contribution >= 4 is 34.9 Å². The van der Waals surface area contributed by atoms with E-state index in [1.165, 1.54) is 6.20 Å². The minimum atomic E-state index is -1.15. The van der Waals surface area contributed by atoms with E-state index in [0.717, 1.165) is 17.7 Å². The third kappa shape index (κ3) is 3.97. The summed E-state index contributed by atoms with van der Waals surface area (Å²) in [5, 5.41) is 7.16. The monoisotopic (exact) mass is 381 g/mol. The molecule has 0 atom stereocenters. The maximum atomic E-state index is 13.4. The molecular weight excluding hydrogens is 371 g/mol. The third-order valence-corrected chi connectivity index (χ3v) is 4.02. The Hall–Kier alpha value is -2.44. The van der Waals surface area contributed by atoms with Gasteiger partial charge in [-0.1, -0.05) is 35.3 Å². The number of hydrogen-bond donors (Lipinski definition) is 1. The summed E-state index contributed by atoms with van der Waals surface area (Å²) in [5.41, 5.74) is 0.759. The predicted molar refractivity (Wildman–Crippen MR) is 92.1 cm³/mol. The van der Waals surface area contributed by atoms with Crippen LogP contribution in [-0.2, 0) is 6.54 Å². The zero-order chi connectivity index (χ0) is 18.0. The molecule has 128 valence electrons. The molecule has 0 spiro atoms. The Balaban J connectivity index is 1.80. The Kier molecular flexibility index (Phi) is 5.01. The molecule has 25 heavy (non-hydrogen) atoms. The number of amides is 1. The lowest BCUT2D eigenvalue weighted by Crippen LogP contribution is -2.17. The van der Waals surface area contributed by atoms with Crippen molar-refractivity contribution in [3.8, 4) is 0 Å². The number of carbonyl (C=O) groups excluding carboxylic acids is 1. The molecule has 1 aromatic heterocycles. The molecule has 1 amide bonds. The van der Waals surface area contributed by atoms with E-state index in [0.29, 0.717) is 17.4 Å². The summed E-state index contributed by atoms with van der Waals surface area (Å²) in [6.45, 7) is 0.394. The number of carbonyl (C=O) groups is 1. The van der Waals surface area contributed by atoms with E-state index in [-0.39, 0.29) is 10.6 Å². The summed E-state index contributed by atoms with van der Waals surface area (Å²) in [4.78, 5) is 12.3. The summed E-state index contributed by atoms with van der Waals surface area (Å²) >= 11 is 11.7. The Morgan fingerprint density at radius 2 is 1.76 bits per heavy atom. The fraction of sp³-hybridized carbons (Fsp3) is 0.0588. The highest BCUT2D eigenvalue weighted by atomic mass is 35.5. The lowest BCUT2D eigenvalue weighted by molar-refractivity contribution is 0.102. The van der Waals surface area contributed by atoms with Gasteiger partial charge in [0.25, 0.3) is 5.91 Å². The van der Waals surface area contributed by atoms with E-state index in [1.807, 2.05) is 12.1 Å². The number of aromatic nitrogens is 2. The van der Waals surface area contributed by atoms with Crippen LogP contribution in [0.3, 0.4) is 0 Å². The van der Waals surface area contributed by atoms with Gasteiger partial charge in [0, 0.05) is 11.1 Å². The van der Waals surface area contributed by atoms with E-state index in [4.69, 9.17) is 23.2 Å². The fourth-order valence-electron chi connectivity index (χ4n) is 2.21. The molecule has 3 aromatic rings. The van der Waals surface area contributed by atoms with Crippen molar-refractivity contribution in [3.05, 3.63) is 81.5 Å². The maximum Gasteiger partial charge on any atom is 0.258 e. The molecule has 0 aliphatic heterocycles. The van der Waals surface area contributed by atoms with Gasteiger partial charge in [-0.05, 0) is 29.8 Å². The van der Waals surface area contributed by atoms with E-state index < -0.39 is 17.5 Å². The quantitative estimate of drug-likeness (QED) is 0.661. The molecule has 0 aliphatic rings. The number of nitrogens with one attached hydrogen (secondary N) is 1. The van der Waals surface area contributed by atoms with Crippen LogP contribution >= 0.6 is 23.2 Å². The van der Waals surface area contributed by atoms with Crippen molar-refractivity contribution in [2.75, 3.05) is 5.32 Å². The van der Waals surface area contributed by atoms with Crippen LogP contribution in [0.4, 0.5) is 14.6 Å². The first-order valence-corrected chi connectivity index (χ1v) is 7.92. The smallest absolute Gasteiger partial charge is 0.258 e. The second kappa shape index (κ2) is 7.21. The van der Waals surface area contributed by atoms with Crippen molar-refractivity contribution in [1.82, 2.24) is 9.78 Å². The van der Waals surface area contributed by atoms with Gasteiger partial charge in [0.05, 0.1) is 23.3 Å². The molecule has 8 heteroatoms. The normalized spacial score (nSPS) is 10.7. The summed E-state index contributed by atoms with van der Waals surface area (Å²) < 4.78 is 28.0. The Bertz CT molecular complexity index is 926. The van der Waals surface area contributed by atoms with E-state index in [1.54, 1.807) is 22.9 Å². The highest BCUT2D eigenvalue weighted by molar-refractivity contribution is 6.34. The number of rotatable bonds is 4. The first kappa shape index (κ1) is 17.4. The molecular formula is C17H11Cl2F2N3O. The van der Waals surface area contributed by atoms with Crippen LogP contribution in [0.1, 0.15) is 15.9 Å². The van der Waals surface area contributed by atoms with Gasteiger partial charge in [-0.2, -0.15) is 5.10 Å². The van der Waals surface area contributed by atoms with Gasteiger partial charge in [-0.15, -0.1) is 0 Å². The third-order valence-electron chi connectivity index (χ3n) is 3.46. The first-order chi connectivity index (χ1) is 11.9. The van der Waals surface area contributed by atoms with Crippen molar-refractivity contribution in [3.63, 3.8) is 0 Å². The van der Waals surface area contributed by atoms with E-state index in [9.17, 15) is 13.6 Å². The summed E-state index contributed by atoms with van der Waals surface area (Å²) in [7, 11) is 0. The topological polar surface area (TPSA) is 46.9 Å². The van der Waals surface area contributed by atoms with Crippen LogP contribution in [0.15, 0.2) is 48.7 Å². The molecule has 3 rings (SSSR count). The fourth-order valence-corrected chi connectivity index (χ4v) is 2.57. The van der Waals surface area contributed by atoms with Gasteiger partial charge in [0.15, 0.2) is 11.6 Å². The number of halogens is 4. The van der Waals surface area contributed by atoms with Crippen LogP contribution < -0.4 is 5.32 Å². The van der Waals surface area contributed by atoms with Crippen LogP contribution in [0, 0.1) is 11.6 Å². The number of nitrogens with zero attached hydrogens (tertiary/aromatic N) is 2. The van der Waals surface area contributed by atoms with Gasteiger partial charge in [-0.3, -0.25) is 4.79 Å². The average Bonchev–Trinajstić information content (AvgIpc) is 3.00. The summed E-state index contributed by atoms with van der Waals surface area (Å²) in [5.74, 6) is -2.54. The van der Waals surface area contributed by atoms with Gasteiger partial charge in [-0.25, -0.2) is 13.5 Å². The van der Waals surface area contributed by atoms with Crippen molar-refractivity contribution in [1.29, 1.82) is 0 Å². The van der Waals surface area contributed by atoms with E-state index >= 15 is 0 Å². The first-order valence-electron chi connectivity index (χ1n) is 7.16. The number of hydrogen-bond acceptors (Lipinski definition) is 2. The second-order valence-electron chi connectivity index (χ2n) is 5.20. The van der Waals surface area contributed by atoms with Crippen molar-refractivity contribution in [2.45, 2.75) is 6.54 Å². The maximum absolute atomic E-state index is 13.4. The zero-order valence-corrected chi connectivity index (χ0v) is 14.2. The van der Waals surface area contributed by atoms with Crippen molar-refractivity contribution in [2.24, 2.45) is 0 Å². The zero-order valence-electron chi connectivity index (χ0n) is 12.6. The molecule has 2 aromatic carbocycles. The number of benzene rings is 2. The summed E-state index contributed by atoms with van der Waals surface area (Å²) in [6.07, 6.45) is 1.51. The number of anilines is 1. The molecule has 0 fully saturated rings. The van der Waals surface area contributed by atoms with E-state index in [2.05, 4.69) is 10.4 Å². The van der Waals surface area contributed by atoms with Crippen LogP contribution in [-0.4, -0.2) is 15.7 Å². The Labute approximate surface area is 152 Å². The van der Waals surface area contributed by atoms with Gasteiger partial charge in [0.1, 0.15) is 5.82 Å². The standard InChI is InChI=1S/C17H11Cl2F2N3O/c18-11-3-1-10(2-4-11)9-24-16(5-6-22-24)23-17(25)12-7-14(20)15(21)8-13(12)19/h1-8H,9H2,(H,23,25). The SMILES string of the molecule is O=C(Nc1ccnn1Cc1ccc(Cl)cc1)c1cc(F)c(F)cc1Cl. The van der Waals surface area contributed by atoms with Crippen LogP contribution in [0.25, 0.3) is 0 Å². The lowest BCUT2D eigenvalue weighted by Gasteiger charge is -2.10. The van der Waals surface area contributed by atoms with Gasteiger partial charge >= 0.3 is 0 Å². The highest BCUT2D eigenvalue weighted by Gasteiger charge is 2.16.